The molecule has 178 valence electrons. The van der Waals surface area contributed by atoms with Crippen molar-refractivity contribution in [2.45, 2.75) is 26.2 Å². The Morgan fingerprint density at radius 3 is 2.38 bits per heavy atom. The number of nitrogens with zero attached hydrogens (tertiary/aromatic N) is 5. The average Bonchev–Trinajstić information content (AvgIpc) is 3.34. The number of halogens is 1. The summed E-state index contributed by atoms with van der Waals surface area (Å²) in [5, 5.41) is 1.70. The first-order valence-corrected chi connectivity index (χ1v) is 13.1. The number of carbonyl (C=O) groups excluding carboxylic acids is 1. The van der Waals surface area contributed by atoms with E-state index in [9.17, 15) is 4.79 Å². The summed E-state index contributed by atoms with van der Waals surface area (Å²) in [6.07, 6.45) is 2.46. The Bertz CT molecular complexity index is 1120. The number of para-hydroxylation sites is 1. The molecule has 34 heavy (non-hydrogen) atoms. The second-order valence-electron chi connectivity index (χ2n) is 9.16. The molecule has 2 aromatic carbocycles. The molecular formula is C26H30ClN5OS. The zero-order valence-corrected chi connectivity index (χ0v) is 21.1. The molecule has 3 aromatic rings. The lowest BCUT2D eigenvalue weighted by Crippen LogP contribution is -2.51. The Morgan fingerprint density at radius 2 is 1.68 bits per heavy atom. The minimum Gasteiger partial charge on any atom is -0.368 e. The summed E-state index contributed by atoms with van der Waals surface area (Å²) in [4.78, 5) is 24.7. The molecule has 2 saturated heterocycles. The van der Waals surface area contributed by atoms with Crippen molar-refractivity contribution in [2.75, 3.05) is 49.1 Å². The standard InChI is InChI=1S/C26H30ClN5OS/c1-19-4-2-3-5-23(19)30-14-16-31(17-15-30)25(33)21-10-12-32(13-11-21)26-28-24(29-34-26)18-20-6-8-22(27)9-7-20/h2-9,21H,10-18H2,1H3. The second kappa shape index (κ2) is 10.3. The van der Waals surface area contributed by atoms with E-state index in [0.717, 1.165) is 73.7 Å². The lowest BCUT2D eigenvalue weighted by molar-refractivity contribution is -0.136. The van der Waals surface area contributed by atoms with Gasteiger partial charge in [0.05, 0.1) is 0 Å². The van der Waals surface area contributed by atoms with Crippen LogP contribution in [0.25, 0.3) is 0 Å². The number of aromatic nitrogens is 2. The van der Waals surface area contributed by atoms with Crippen LogP contribution in [0, 0.1) is 12.8 Å². The van der Waals surface area contributed by atoms with Gasteiger partial charge in [-0.15, -0.1) is 0 Å². The number of amides is 1. The molecule has 1 aromatic heterocycles. The Hall–Kier alpha value is -2.64. The van der Waals surface area contributed by atoms with E-state index in [-0.39, 0.29) is 5.92 Å². The first-order chi connectivity index (χ1) is 16.6. The van der Waals surface area contributed by atoms with E-state index >= 15 is 0 Å². The molecule has 0 N–H and O–H groups in total. The summed E-state index contributed by atoms with van der Waals surface area (Å²) >= 11 is 7.43. The topological polar surface area (TPSA) is 52.6 Å². The number of piperidine rings is 1. The molecule has 0 bridgehead atoms. The van der Waals surface area contributed by atoms with Gasteiger partial charge in [-0.1, -0.05) is 41.9 Å². The number of aryl methyl sites for hydroxylation is 1. The molecule has 2 fully saturated rings. The lowest BCUT2D eigenvalue weighted by atomic mass is 9.95. The van der Waals surface area contributed by atoms with Gasteiger partial charge in [0.2, 0.25) is 11.0 Å². The fraction of sp³-hybridized carbons (Fsp3) is 0.423. The predicted octanol–water partition coefficient (Wildman–Crippen LogP) is 4.66. The van der Waals surface area contributed by atoms with E-state index in [1.54, 1.807) is 0 Å². The Labute approximate surface area is 210 Å². The summed E-state index contributed by atoms with van der Waals surface area (Å²) in [6.45, 7) is 7.27. The fourth-order valence-corrected chi connectivity index (χ4v) is 5.75. The molecule has 3 heterocycles. The highest BCUT2D eigenvalue weighted by Gasteiger charge is 2.31. The molecule has 5 rings (SSSR count). The summed E-state index contributed by atoms with van der Waals surface area (Å²) in [5.74, 6) is 1.28. The quantitative estimate of drug-likeness (QED) is 0.515. The molecule has 0 unspecified atom stereocenters. The SMILES string of the molecule is Cc1ccccc1N1CCN(C(=O)C2CCN(c3nc(Cc4ccc(Cl)cc4)ns3)CC2)CC1. The number of anilines is 2. The smallest absolute Gasteiger partial charge is 0.225 e. The first kappa shape index (κ1) is 23.1. The van der Waals surface area contributed by atoms with Crippen molar-refractivity contribution in [1.82, 2.24) is 14.3 Å². The number of benzene rings is 2. The van der Waals surface area contributed by atoms with Crippen molar-refractivity contribution in [3.63, 3.8) is 0 Å². The van der Waals surface area contributed by atoms with Gasteiger partial charge in [0.25, 0.3) is 0 Å². The van der Waals surface area contributed by atoms with Crippen LogP contribution in [0.2, 0.25) is 5.02 Å². The van der Waals surface area contributed by atoms with Crippen molar-refractivity contribution in [3.05, 3.63) is 70.5 Å². The minimum atomic E-state index is 0.114. The maximum Gasteiger partial charge on any atom is 0.225 e. The van der Waals surface area contributed by atoms with E-state index in [1.165, 1.54) is 22.8 Å². The van der Waals surface area contributed by atoms with Gasteiger partial charge in [0, 0.05) is 73.8 Å². The minimum absolute atomic E-state index is 0.114. The van der Waals surface area contributed by atoms with Gasteiger partial charge in [0.1, 0.15) is 5.82 Å². The largest absolute Gasteiger partial charge is 0.368 e. The monoisotopic (exact) mass is 495 g/mol. The molecule has 1 amide bonds. The van der Waals surface area contributed by atoms with Crippen molar-refractivity contribution >= 4 is 39.9 Å². The zero-order valence-electron chi connectivity index (χ0n) is 19.5. The van der Waals surface area contributed by atoms with Crippen LogP contribution >= 0.6 is 23.1 Å². The van der Waals surface area contributed by atoms with Gasteiger partial charge >= 0.3 is 0 Å². The molecule has 8 heteroatoms. The number of carbonyl (C=O) groups is 1. The molecule has 0 spiro atoms. The summed E-state index contributed by atoms with van der Waals surface area (Å²) in [5.41, 5.74) is 3.73. The average molecular weight is 496 g/mol. The third-order valence-electron chi connectivity index (χ3n) is 6.90. The molecule has 6 nitrogen and oxygen atoms in total. The first-order valence-electron chi connectivity index (χ1n) is 12.0. The van der Waals surface area contributed by atoms with Crippen molar-refractivity contribution in [1.29, 1.82) is 0 Å². The predicted molar refractivity (Wildman–Crippen MR) is 139 cm³/mol. The third kappa shape index (κ3) is 5.20. The highest BCUT2D eigenvalue weighted by molar-refractivity contribution is 7.09. The molecule has 0 radical (unpaired) electrons. The maximum absolute atomic E-state index is 13.2. The van der Waals surface area contributed by atoms with Gasteiger partial charge < -0.3 is 14.7 Å². The van der Waals surface area contributed by atoms with E-state index in [0.29, 0.717) is 12.3 Å². The van der Waals surface area contributed by atoms with Crippen LogP contribution in [0.1, 0.15) is 29.8 Å². The normalized spacial score (nSPS) is 17.3. The summed E-state index contributed by atoms with van der Waals surface area (Å²) < 4.78 is 4.55. The molecular weight excluding hydrogens is 466 g/mol. The van der Waals surface area contributed by atoms with E-state index in [4.69, 9.17) is 16.6 Å². The Balaban J connectivity index is 1.11. The maximum atomic E-state index is 13.2. The summed E-state index contributed by atoms with van der Waals surface area (Å²) in [7, 11) is 0. The Morgan fingerprint density at radius 1 is 0.971 bits per heavy atom. The lowest BCUT2D eigenvalue weighted by Gasteiger charge is -2.39. The fourth-order valence-electron chi connectivity index (χ4n) is 4.89. The molecule has 0 atom stereocenters. The van der Waals surface area contributed by atoms with Crippen molar-refractivity contribution in [3.8, 4) is 0 Å². The third-order valence-corrected chi connectivity index (χ3v) is 7.96. The number of hydrogen-bond donors (Lipinski definition) is 0. The summed E-state index contributed by atoms with van der Waals surface area (Å²) in [6, 6.07) is 16.3. The number of hydrogen-bond acceptors (Lipinski definition) is 6. The highest BCUT2D eigenvalue weighted by Crippen LogP contribution is 2.28. The Kier molecular flexibility index (Phi) is 7.02. The van der Waals surface area contributed by atoms with Gasteiger partial charge in [-0.25, -0.2) is 4.98 Å². The van der Waals surface area contributed by atoms with Crippen LogP contribution in [-0.2, 0) is 11.2 Å². The molecule has 0 saturated carbocycles. The number of piperazine rings is 1. The van der Waals surface area contributed by atoms with Crippen molar-refractivity contribution in [2.24, 2.45) is 5.92 Å². The van der Waals surface area contributed by atoms with Crippen LogP contribution in [0.15, 0.2) is 48.5 Å². The number of rotatable bonds is 5. The van der Waals surface area contributed by atoms with E-state index < -0.39 is 0 Å². The molecule has 2 aliphatic rings. The van der Waals surface area contributed by atoms with Gasteiger partial charge in [-0.05, 0) is 49.1 Å². The second-order valence-corrected chi connectivity index (χ2v) is 10.3. The van der Waals surface area contributed by atoms with E-state index in [2.05, 4.69) is 50.3 Å². The van der Waals surface area contributed by atoms with Gasteiger partial charge in [-0.2, -0.15) is 4.37 Å². The van der Waals surface area contributed by atoms with Crippen LogP contribution in [0.4, 0.5) is 10.8 Å². The molecule has 0 aliphatic carbocycles. The zero-order chi connectivity index (χ0) is 23.5. The van der Waals surface area contributed by atoms with Crippen LogP contribution in [0.3, 0.4) is 0 Å². The van der Waals surface area contributed by atoms with Crippen LogP contribution < -0.4 is 9.80 Å². The van der Waals surface area contributed by atoms with Crippen molar-refractivity contribution < 1.29 is 4.79 Å². The van der Waals surface area contributed by atoms with Crippen LogP contribution in [-0.4, -0.2) is 59.4 Å². The highest BCUT2D eigenvalue weighted by atomic mass is 35.5. The van der Waals surface area contributed by atoms with E-state index in [1.807, 2.05) is 24.3 Å². The molecule has 2 aliphatic heterocycles. The van der Waals surface area contributed by atoms with Crippen LogP contribution in [0.5, 0.6) is 0 Å². The van der Waals surface area contributed by atoms with Gasteiger partial charge in [0.15, 0.2) is 0 Å². The van der Waals surface area contributed by atoms with Gasteiger partial charge in [-0.3, -0.25) is 4.79 Å².